The Morgan fingerprint density at radius 2 is 1.76 bits per heavy atom. The molecule has 4 aromatic rings. The first kappa shape index (κ1) is 25.4. The number of benzene rings is 1. The fourth-order valence-electron chi connectivity index (χ4n) is 4.18. The zero-order valence-corrected chi connectivity index (χ0v) is 21.3. The van der Waals surface area contributed by atoms with Crippen LogP contribution in [-0.2, 0) is 11.2 Å². The van der Waals surface area contributed by atoms with Gasteiger partial charge in [-0.05, 0) is 48.9 Å². The summed E-state index contributed by atoms with van der Waals surface area (Å²) in [6.07, 6.45) is 3.86. The van der Waals surface area contributed by atoms with Gasteiger partial charge >= 0.3 is 5.97 Å². The van der Waals surface area contributed by atoms with E-state index in [1.807, 2.05) is 43.3 Å². The molecular formula is C28H30N8O2. The number of aryl methyl sites for hydroxylation is 1. The average molecular weight is 511 g/mol. The Hall–Kier alpha value is -4.28. The Labute approximate surface area is 221 Å². The van der Waals surface area contributed by atoms with Crippen LogP contribution in [0.1, 0.15) is 27.4 Å². The molecular weight excluding hydrogens is 480 g/mol. The molecule has 0 aliphatic carbocycles. The number of hydrogen-bond donors (Lipinski definition) is 2. The van der Waals surface area contributed by atoms with Gasteiger partial charge in [-0.3, -0.25) is 4.90 Å². The molecule has 0 spiro atoms. The molecule has 1 aromatic carbocycles. The maximum Gasteiger partial charge on any atom is 0.338 e. The lowest BCUT2D eigenvalue weighted by atomic mass is 10.1. The minimum absolute atomic E-state index is 0.319. The molecule has 0 bridgehead atoms. The number of pyridine rings is 1. The maximum absolute atomic E-state index is 12.6. The molecule has 10 nitrogen and oxygen atoms in total. The minimum atomic E-state index is -0.319. The lowest BCUT2D eigenvalue weighted by molar-refractivity contribution is 0.0456. The number of carbonyl (C=O) groups excluding carboxylic acids is 1. The fourth-order valence-corrected chi connectivity index (χ4v) is 4.18. The van der Waals surface area contributed by atoms with E-state index in [0.29, 0.717) is 47.6 Å². The van der Waals surface area contributed by atoms with Gasteiger partial charge in [0.2, 0.25) is 0 Å². The van der Waals surface area contributed by atoms with Gasteiger partial charge in [-0.25, -0.2) is 29.7 Å². The van der Waals surface area contributed by atoms with Gasteiger partial charge in [-0.15, -0.1) is 0 Å². The second-order valence-corrected chi connectivity index (χ2v) is 9.02. The van der Waals surface area contributed by atoms with E-state index >= 15 is 0 Å². The van der Waals surface area contributed by atoms with E-state index in [0.717, 1.165) is 44.0 Å². The lowest BCUT2D eigenvalue weighted by Gasteiger charge is -2.26. The van der Waals surface area contributed by atoms with Gasteiger partial charge in [0.25, 0.3) is 0 Å². The summed E-state index contributed by atoms with van der Waals surface area (Å²) in [5.41, 5.74) is 3.06. The van der Waals surface area contributed by atoms with E-state index in [-0.39, 0.29) is 5.97 Å². The van der Waals surface area contributed by atoms with Crippen molar-refractivity contribution in [2.24, 2.45) is 0 Å². The number of nitrogens with zero attached hydrogens (tertiary/aromatic N) is 6. The molecule has 0 radical (unpaired) electrons. The zero-order chi connectivity index (χ0) is 26.2. The van der Waals surface area contributed by atoms with Crippen molar-refractivity contribution in [1.29, 1.82) is 0 Å². The summed E-state index contributed by atoms with van der Waals surface area (Å²) in [4.78, 5) is 37.3. The van der Waals surface area contributed by atoms with Gasteiger partial charge in [0.05, 0.1) is 5.56 Å². The predicted molar refractivity (Wildman–Crippen MR) is 144 cm³/mol. The highest BCUT2D eigenvalue weighted by Gasteiger charge is 2.13. The molecule has 1 fully saturated rings. The highest BCUT2D eigenvalue weighted by molar-refractivity contribution is 5.89. The molecule has 5 rings (SSSR count). The topological polar surface area (TPSA) is 118 Å². The van der Waals surface area contributed by atoms with Crippen molar-refractivity contribution in [3.05, 3.63) is 89.6 Å². The second-order valence-electron chi connectivity index (χ2n) is 9.02. The summed E-state index contributed by atoms with van der Waals surface area (Å²) in [6.45, 7) is 6.95. The van der Waals surface area contributed by atoms with Gasteiger partial charge in [-0.2, -0.15) is 0 Å². The Bertz CT molecular complexity index is 1390. The minimum Gasteiger partial charge on any atom is -0.461 e. The third-order valence-electron chi connectivity index (χ3n) is 6.11. The molecule has 3 aromatic heterocycles. The number of hydrogen-bond acceptors (Lipinski definition) is 10. The third kappa shape index (κ3) is 6.93. The molecule has 2 N–H and O–H groups in total. The van der Waals surface area contributed by atoms with Crippen LogP contribution in [0.3, 0.4) is 0 Å². The first-order valence-corrected chi connectivity index (χ1v) is 12.7. The van der Waals surface area contributed by atoms with E-state index in [1.165, 1.54) is 0 Å². The molecule has 0 unspecified atom stereocenters. The number of piperazine rings is 1. The molecule has 1 aliphatic rings. The maximum atomic E-state index is 12.6. The summed E-state index contributed by atoms with van der Waals surface area (Å²) < 4.78 is 5.51. The molecule has 1 aliphatic heterocycles. The van der Waals surface area contributed by atoms with E-state index < -0.39 is 0 Å². The quantitative estimate of drug-likeness (QED) is 0.325. The number of esters is 1. The monoisotopic (exact) mass is 510 g/mol. The SMILES string of the molecule is Cc1cccc(-c2nccc(Nc3ccnc(Cc4cccc(C(=O)OCCN5CCNCC5)c4)n3)n2)n1. The highest BCUT2D eigenvalue weighted by atomic mass is 16.5. The molecule has 1 saturated heterocycles. The lowest BCUT2D eigenvalue weighted by Crippen LogP contribution is -2.44. The van der Waals surface area contributed by atoms with Crippen LogP contribution < -0.4 is 10.6 Å². The average Bonchev–Trinajstić information content (AvgIpc) is 2.94. The van der Waals surface area contributed by atoms with Crippen LogP contribution in [-0.4, -0.2) is 75.1 Å². The van der Waals surface area contributed by atoms with Crippen LogP contribution in [0.5, 0.6) is 0 Å². The van der Waals surface area contributed by atoms with Crippen molar-refractivity contribution in [1.82, 2.24) is 35.1 Å². The van der Waals surface area contributed by atoms with E-state index in [9.17, 15) is 4.79 Å². The Morgan fingerprint density at radius 1 is 0.974 bits per heavy atom. The van der Waals surface area contributed by atoms with Crippen LogP contribution >= 0.6 is 0 Å². The van der Waals surface area contributed by atoms with Crippen LogP contribution in [0.25, 0.3) is 11.5 Å². The van der Waals surface area contributed by atoms with E-state index in [2.05, 4.69) is 40.5 Å². The Balaban J connectivity index is 1.20. The van der Waals surface area contributed by atoms with E-state index in [1.54, 1.807) is 30.6 Å². The smallest absolute Gasteiger partial charge is 0.338 e. The van der Waals surface area contributed by atoms with Gasteiger partial charge in [-0.1, -0.05) is 18.2 Å². The number of ether oxygens (including phenoxy) is 1. The van der Waals surface area contributed by atoms with Crippen molar-refractivity contribution in [2.45, 2.75) is 13.3 Å². The number of anilines is 2. The van der Waals surface area contributed by atoms with Gasteiger partial charge in [0.15, 0.2) is 5.82 Å². The molecule has 0 atom stereocenters. The van der Waals surface area contributed by atoms with Crippen molar-refractivity contribution in [3.63, 3.8) is 0 Å². The Kier molecular flexibility index (Phi) is 8.22. The first-order chi connectivity index (χ1) is 18.6. The number of aromatic nitrogens is 5. The highest BCUT2D eigenvalue weighted by Crippen LogP contribution is 2.18. The predicted octanol–water partition coefficient (Wildman–Crippen LogP) is 3.03. The van der Waals surface area contributed by atoms with Gasteiger partial charge in [0.1, 0.15) is 29.8 Å². The summed E-state index contributed by atoms with van der Waals surface area (Å²) in [5.74, 6) is 2.05. The van der Waals surface area contributed by atoms with Crippen LogP contribution in [0, 0.1) is 6.92 Å². The number of carbonyl (C=O) groups is 1. The third-order valence-corrected chi connectivity index (χ3v) is 6.11. The second kappa shape index (κ2) is 12.3. The standard InChI is InChI=1S/C28H30N8O2/c1-20-4-2-7-23(32-20)27-31-11-9-25(35-27)33-24-8-10-30-26(34-24)19-21-5-3-6-22(18-21)28(37)38-17-16-36-14-12-29-13-15-36/h2-11,18,29H,12-17,19H2,1H3,(H,30,31,33,34,35). The molecule has 0 amide bonds. The van der Waals surface area contributed by atoms with Crippen LogP contribution in [0.4, 0.5) is 11.6 Å². The Morgan fingerprint density at radius 3 is 2.61 bits per heavy atom. The zero-order valence-electron chi connectivity index (χ0n) is 21.3. The molecule has 0 saturated carbocycles. The summed E-state index contributed by atoms with van der Waals surface area (Å²) in [7, 11) is 0. The van der Waals surface area contributed by atoms with Crippen molar-refractivity contribution in [3.8, 4) is 11.5 Å². The van der Waals surface area contributed by atoms with Crippen LogP contribution in [0.2, 0.25) is 0 Å². The molecule has 4 heterocycles. The van der Waals surface area contributed by atoms with Gasteiger partial charge in [0, 0.05) is 57.2 Å². The van der Waals surface area contributed by atoms with Crippen molar-refractivity contribution >= 4 is 17.6 Å². The van der Waals surface area contributed by atoms with Crippen molar-refractivity contribution in [2.75, 3.05) is 44.6 Å². The van der Waals surface area contributed by atoms with Crippen LogP contribution in [0.15, 0.2) is 67.0 Å². The number of nitrogens with one attached hydrogen (secondary N) is 2. The number of rotatable bonds is 9. The fraction of sp³-hybridized carbons (Fsp3) is 0.286. The summed E-state index contributed by atoms with van der Waals surface area (Å²) in [5, 5.41) is 6.54. The molecule has 10 heteroatoms. The molecule has 38 heavy (non-hydrogen) atoms. The molecule has 194 valence electrons. The summed E-state index contributed by atoms with van der Waals surface area (Å²) >= 11 is 0. The normalized spacial score (nSPS) is 13.7. The largest absolute Gasteiger partial charge is 0.461 e. The van der Waals surface area contributed by atoms with Crippen molar-refractivity contribution < 1.29 is 9.53 Å². The first-order valence-electron chi connectivity index (χ1n) is 12.7. The summed E-state index contributed by atoms with van der Waals surface area (Å²) in [6, 6.07) is 16.7. The van der Waals surface area contributed by atoms with E-state index in [4.69, 9.17) is 4.74 Å². The van der Waals surface area contributed by atoms with Gasteiger partial charge < -0.3 is 15.4 Å².